The fourth-order valence-corrected chi connectivity index (χ4v) is 10.6. The Morgan fingerprint density at radius 3 is 2.16 bits per heavy atom. The van der Waals surface area contributed by atoms with Crippen LogP contribution in [-0.4, -0.2) is 39.1 Å². The zero-order valence-corrected chi connectivity index (χ0v) is 30.3. The minimum absolute atomic E-state index is 0.445. The molecule has 4 aliphatic rings. The monoisotopic (exact) mass is 615 g/mol. The number of unbranched alkanes of at least 4 members (excludes halogenated alkanes) is 7. The van der Waals surface area contributed by atoms with Crippen molar-refractivity contribution in [2.45, 2.75) is 170 Å². The van der Waals surface area contributed by atoms with E-state index >= 15 is 0 Å². The van der Waals surface area contributed by atoms with E-state index in [4.69, 9.17) is 14.2 Å². The van der Waals surface area contributed by atoms with Gasteiger partial charge in [-0.25, -0.2) is 0 Å². The molecular weight excluding hydrogens is 540 g/mol. The van der Waals surface area contributed by atoms with Crippen LogP contribution in [0.5, 0.6) is 0 Å². The molecule has 4 rings (SSSR count). The van der Waals surface area contributed by atoms with Crippen LogP contribution in [0, 0.1) is 46.3 Å². The summed E-state index contributed by atoms with van der Waals surface area (Å²) in [4.78, 5) is 0. The molecule has 0 saturated heterocycles. The van der Waals surface area contributed by atoms with Gasteiger partial charge >= 0.3 is 0 Å². The molecule has 4 aliphatic carbocycles. The predicted octanol–water partition coefficient (Wildman–Crippen LogP) is 11.6. The molecule has 3 saturated carbocycles. The van der Waals surface area contributed by atoms with Crippen LogP contribution in [0.3, 0.4) is 0 Å². The number of allylic oxidation sites excluding steroid dienone is 1. The lowest BCUT2D eigenvalue weighted by atomic mass is 9.47. The topological polar surface area (TPSA) is 27.7 Å². The molecule has 256 valence electrons. The van der Waals surface area contributed by atoms with Crippen LogP contribution >= 0.6 is 0 Å². The highest BCUT2D eigenvalue weighted by molar-refractivity contribution is 5.25. The fraction of sp³-hybridized carbons (Fsp3) is 0.951. The third kappa shape index (κ3) is 9.37. The Morgan fingerprint density at radius 2 is 1.43 bits per heavy atom. The van der Waals surface area contributed by atoms with Gasteiger partial charge in [0.25, 0.3) is 0 Å². The van der Waals surface area contributed by atoms with Crippen molar-refractivity contribution in [3.63, 3.8) is 0 Å². The van der Waals surface area contributed by atoms with Crippen molar-refractivity contribution in [2.24, 2.45) is 46.3 Å². The van der Waals surface area contributed by atoms with Crippen LogP contribution in [0.15, 0.2) is 11.6 Å². The largest absolute Gasteiger partial charge is 0.381 e. The molecule has 0 bridgehead atoms. The van der Waals surface area contributed by atoms with E-state index in [0.717, 1.165) is 69.0 Å². The number of rotatable bonds is 21. The maximum Gasteiger partial charge on any atom is 0.0612 e. The van der Waals surface area contributed by atoms with Crippen molar-refractivity contribution in [3.8, 4) is 0 Å². The summed E-state index contributed by atoms with van der Waals surface area (Å²) >= 11 is 0. The zero-order valence-electron chi connectivity index (χ0n) is 30.3. The molecule has 3 fully saturated rings. The normalized spacial score (nSPS) is 34.6. The first kappa shape index (κ1) is 36.5. The van der Waals surface area contributed by atoms with Gasteiger partial charge in [-0.15, -0.1) is 0 Å². The summed E-state index contributed by atoms with van der Waals surface area (Å²) in [5.74, 6) is 5.21. The van der Waals surface area contributed by atoms with Crippen LogP contribution in [0.25, 0.3) is 0 Å². The minimum Gasteiger partial charge on any atom is -0.381 e. The first-order valence-corrected chi connectivity index (χ1v) is 19.8. The molecule has 0 heterocycles. The second-order valence-corrected chi connectivity index (χ2v) is 16.6. The molecular formula is C41H74O3. The zero-order chi connectivity index (χ0) is 31.4. The molecule has 0 unspecified atom stereocenters. The Hall–Kier alpha value is -0.380. The molecule has 0 amide bonds. The Balaban J connectivity index is 1.08. The predicted molar refractivity (Wildman–Crippen MR) is 187 cm³/mol. The van der Waals surface area contributed by atoms with Crippen LogP contribution in [-0.2, 0) is 14.2 Å². The number of hydrogen-bond donors (Lipinski definition) is 0. The summed E-state index contributed by atoms with van der Waals surface area (Å²) in [7, 11) is 0. The standard InChI is InChI=1S/C41H74O3/c1-7-9-17-33(4)37-20-21-38-36-19-18-34-29-35(22-24-40(34,5)39(36)23-25-41(37,38)6)44-28-16-14-12-11-13-15-27-43-31-32(3)30-42-26-10-8-2/h18,32-33,35-39H,7-17,19-31H2,1-6H3/t32-,33-,35+,36+,37-,38+,39+,40+,41-/m1/s1. The van der Waals surface area contributed by atoms with E-state index < -0.39 is 0 Å². The summed E-state index contributed by atoms with van der Waals surface area (Å²) < 4.78 is 18.1. The van der Waals surface area contributed by atoms with Gasteiger partial charge in [-0.1, -0.05) is 105 Å². The third-order valence-electron chi connectivity index (χ3n) is 13.3. The van der Waals surface area contributed by atoms with Crippen LogP contribution in [0.4, 0.5) is 0 Å². The molecule has 3 heteroatoms. The van der Waals surface area contributed by atoms with Gasteiger partial charge in [-0.05, 0) is 111 Å². The number of fused-ring (bicyclic) bond motifs is 5. The molecule has 0 spiro atoms. The van der Waals surface area contributed by atoms with E-state index in [1.807, 2.05) is 0 Å². The summed E-state index contributed by atoms with van der Waals surface area (Å²) in [6.45, 7) is 19.2. The van der Waals surface area contributed by atoms with Crippen molar-refractivity contribution >= 4 is 0 Å². The minimum atomic E-state index is 0.445. The first-order chi connectivity index (χ1) is 21.3. The Morgan fingerprint density at radius 1 is 0.750 bits per heavy atom. The summed E-state index contributed by atoms with van der Waals surface area (Å²) in [5, 5.41) is 0. The fourth-order valence-electron chi connectivity index (χ4n) is 10.6. The molecule has 44 heavy (non-hydrogen) atoms. The summed E-state index contributed by atoms with van der Waals surface area (Å²) in [6.07, 6.45) is 28.6. The number of hydrogen-bond acceptors (Lipinski definition) is 3. The smallest absolute Gasteiger partial charge is 0.0612 e. The average Bonchev–Trinajstić information content (AvgIpc) is 3.38. The van der Waals surface area contributed by atoms with Crippen LogP contribution in [0.1, 0.15) is 164 Å². The van der Waals surface area contributed by atoms with Crippen molar-refractivity contribution in [2.75, 3.05) is 33.0 Å². The third-order valence-corrected chi connectivity index (χ3v) is 13.3. The van der Waals surface area contributed by atoms with Gasteiger partial charge in [0, 0.05) is 25.7 Å². The van der Waals surface area contributed by atoms with Gasteiger partial charge in [0.2, 0.25) is 0 Å². The van der Waals surface area contributed by atoms with Gasteiger partial charge in [0.15, 0.2) is 0 Å². The molecule has 0 aromatic carbocycles. The Kier molecular flexibility index (Phi) is 15.1. The van der Waals surface area contributed by atoms with E-state index in [0.29, 0.717) is 22.9 Å². The summed E-state index contributed by atoms with van der Waals surface area (Å²) in [5.41, 5.74) is 2.83. The summed E-state index contributed by atoms with van der Waals surface area (Å²) in [6, 6.07) is 0. The van der Waals surface area contributed by atoms with Crippen molar-refractivity contribution in [3.05, 3.63) is 11.6 Å². The lowest BCUT2D eigenvalue weighted by Crippen LogP contribution is -2.51. The highest BCUT2D eigenvalue weighted by atomic mass is 16.5. The lowest BCUT2D eigenvalue weighted by Gasteiger charge is -2.58. The van der Waals surface area contributed by atoms with Gasteiger partial charge in [-0.2, -0.15) is 0 Å². The van der Waals surface area contributed by atoms with Gasteiger partial charge in [0.1, 0.15) is 0 Å². The molecule has 0 aromatic heterocycles. The Labute approximate surface area is 274 Å². The molecule has 0 aromatic rings. The lowest BCUT2D eigenvalue weighted by molar-refractivity contribution is -0.0640. The molecule has 0 N–H and O–H groups in total. The van der Waals surface area contributed by atoms with Gasteiger partial charge < -0.3 is 14.2 Å². The molecule has 0 radical (unpaired) electrons. The van der Waals surface area contributed by atoms with E-state index in [1.165, 1.54) is 116 Å². The number of ether oxygens (including phenoxy) is 3. The Bertz CT molecular complexity index is 838. The first-order valence-electron chi connectivity index (χ1n) is 19.8. The second kappa shape index (κ2) is 18.2. The SMILES string of the molecule is CCCCOC[C@@H](C)COCCCCCCCCO[C@H]1CC[C@@]2(C)C(=CC[C@H]3[C@@H]4CC[C@H]([C@H](C)CCCC)[C@@]4(C)CC[C@@H]32)C1. The average molecular weight is 615 g/mol. The van der Waals surface area contributed by atoms with Crippen molar-refractivity contribution < 1.29 is 14.2 Å². The van der Waals surface area contributed by atoms with Crippen LogP contribution in [0.2, 0.25) is 0 Å². The van der Waals surface area contributed by atoms with E-state index in [9.17, 15) is 0 Å². The van der Waals surface area contributed by atoms with E-state index in [2.05, 4.69) is 47.6 Å². The van der Waals surface area contributed by atoms with Crippen molar-refractivity contribution in [1.29, 1.82) is 0 Å². The van der Waals surface area contributed by atoms with Gasteiger partial charge in [0.05, 0.1) is 19.3 Å². The second-order valence-electron chi connectivity index (χ2n) is 16.6. The van der Waals surface area contributed by atoms with Gasteiger partial charge in [-0.3, -0.25) is 0 Å². The maximum absolute atomic E-state index is 6.52. The molecule has 9 atom stereocenters. The maximum atomic E-state index is 6.52. The van der Waals surface area contributed by atoms with E-state index in [-0.39, 0.29) is 0 Å². The van der Waals surface area contributed by atoms with Crippen LogP contribution < -0.4 is 0 Å². The quantitative estimate of drug-likeness (QED) is 0.0951. The molecule has 0 aliphatic heterocycles. The molecule has 3 nitrogen and oxygen atoms in total. The highest BCUT2D eigenvalue weighted by Gasteiger charge is 2.59. The van der Waals surface area contributed by atoms with Crippen molar-refractivity contribution in [1.82, 2.24) is 0 Å². The van der Waals surface area contributed by atoms with E-state index in [1.54, 1.807) is 5.57 Å². The highest BCUT2D eigenvalue weighted by Crippen LogP contribution is 2.67.